The maximum atomic E-state index is 12.3. The van der Waals surface area contributed by atoms with Crippen LogP contribution < -0.4 is 33.2 Å². The molecule has 0 bridgehead atoms. The van der Waals surface area contributed by atoms with E-state index in [4.69, 9.17) is 22.3 Å². The number of hydrogen-bond acceptors (Lipinski definition) is 8. The number of carboxylic acid groups (broad SMARTS) is 1. The smallest absolute Gasteiger partial charge is 0.322 e. The Morgan fingerprint density at radius 3 is 1.70 bits per heavy atom. The zero-order chi connectivity index (χ0) is 21.1. The first-order valence-electron chi connectivity index (χ1n) is 7.51. The fourth-order valence-corrected chi connectivity index (χ4v) is 1.91. The largest absolute Gasteiger partial charge is 0.480 e. The molecule has 0 aromatic rings. The van der Waals surface area contributed by atoms with Crippen LogP contribution in [0.15, 0.2) is 0 Å². The van der Waals surface area contributed by atoms with Crippen LogP contribution in [0, 0.1) is 0 Å². The molecule has 0 aliphatic carbocycles. The second-order valence-electron chi connectivity index (χ2n) is 5.36. The minimum Gasteiger partial charge on any atom is -0.480 e. The summed E-state index contributed by atoms with van der Waals surface area (Å²) in [4.78, 5) is 68.8. The van der Waals surface area contributed by atoms with Gasteiger partial charge in [0.25, 0.3) is 0 Å². The Bertz CT molecular complexity index is 614. The average molecular weight is 406 g/mol. The third-order valence-corrected chi connectivity index (χ3v) is 3.42. The van der Waals surface area contributed by atoms with Gasteiger partial charge >= 0.3 is 5.97 Å². The first kappa shape index (κ1) is 24.1. The summed E-state index contributed by atoms with van der Waals surface area (Å²) < 4.78 is 0. The summed E-state index contributed by atoms with van der Waals surface area (Å²) in [5.41, 5.74) is 15.5. The van der Waals surface area contributed by atoms with E-state index in [0.29, 0.717) is 0 Å². The Labute approximate surface area is 159 Å². The van der Waals surface area contributed by atoms with Gasteiger partial charge in [-0.2, -0.15) is 12.6 Å². The van der Waals surface area contributed by atoms with Crippen LogP contribution in [-0.2, 0) is 28.8 Å². The van der Waals surface area contributed by atoms with Crippen LogP contribution in [0.2, 0.25) is 0 Å². The minimum atomic E-state index is -1.53. The zero-order valence-electron chi connectivity index (χ0n) is 14.1. The summed E-state index contributed by atoms with van der Waals surface area (Å²) >= 11 is 3.83. The summed E-state index contributed by atoms with van der Waals surface area (Å²) in [6.45, 7) is -0.762. The molecule has 3 unspecified atom stereocenters. The molecule has 0 radical (unpaired) electrons. The van der Waals surface area contributed by atoms with E-state index in [2.05, 4.69) is 23.3 Å². The lowest BCUT2D eigenvalue weighted by molar-refractivity contribution is -0.139. The molecule has 0 saturated heterocycles. The van der Waals surface area contributed by atoms with Crippen molar-refractivity contribution >= 4 is 48.1 Å². The highest BCUT2D eigenvalue weighted by atomic mass is 32.1. The summed E-state index contributed by atoms with van der Waals surface area (Å²) in [5, 5.41) is 14.8. The lowest BCUT2D eigenvalue weighted by Gasteiger charge is -2.22. The number of primary amides is 2. The number of carbonyl (C=O) groups is 6. The summed E-state index contributed by atoms with van der Waals surface area (Å²) in [6, 6.07) is -4.08. The van der Waals surface area contributed by atoms with E-state index in [0.717, 1.165) is 0 Å². The van der Waals surface area contributed by atoms with Crippen molar-refractivity contribution in [2.24, 2.45) is 17.2 Å². The number of thiol groups is 1. The van der Waals surface area contributed by atoms with Gasteiger partial charge in [-0.05, 0) is 0 Å². The average Bonchev–Trinajstić information content (AvgIpc) is 2.56. The highest BCUT2D eigenvalue weighted by molar-refractivity contribution is 7.80. The van der Waals surface area contributed by atoms with Crippen molar-refractivity contribution < 1.29 is 33.9 Å². The van der Waals surface area contributed by atoms with Gasteiger partial charge < -0.3 is 38.3 Å². The maximum Gasteiger partial charge on any atom is 0.322 e. The predicted octanol–water partition coefficient (Wildman–Crippen LogP) is -4.84. The maximum absolute atomic E-state index is 12.3. The summed E-state index contributed by atoms with van der Waals surface area (Å²) in [5.74, 6) is -6.11. The van der Waals surface area contributed by atoms with Gasteiger partial charge in [0, 0.05) is 5.75 Å². The lowest BCUT2D eigenvalue weighted by Crippen LogP contribution is -2.57. The molecule has 152 valence electrons. The van der Waals surface area contributed by atoms with Crippen molar-refractivity contribution in [3.63, 3.8) is 0 Å². The number of carbonyl (C=O) groups excluding carboxylic acids is 5. The normalized spacial score (nSPS) is 13.6. The van der Waals surface area contributed by atoms with E-state index in [1.165, 1.54) is 0 Å². The van der Waals surface area contributed by atoms with Crippen LogP contribution in [0.4, 0.5) is 0 Å². The molecule has 0 aliphatic heterocycles. The van der Waals surface area contributed by atoms with E-state index in [9.17, 15) is 28.8 Å². The van der Waals surface area contributed by atoms with Crippen molar-refractivity contribution in [3.8, 4) is 0 Å². The van der Waals surface area contributed by atoms with Gasteiger partial charge in [0.1, 0.15) is 18.6 Å². The van der Waals surface area contributed by atoms with E-state index in [1.807, 2.05) is 5.32 Å². The Hall–Kier alpha value is -2.87. The number of amides is 5. The van der Waals surface area contributed by atoms with Crippen molar-refractivity contribution in [1.29, 1.82) is 0 Å². The number of carboxylic acids is 1. The molecule has 0 aliphatic rings. The second kappa shape index (κ2) is 11.7. The molecular weight excluding hydrogens is 384 g/mol. The number of hydrogen-bond donors (Lipinski definition) is 8. The van der Waals surface area contributed by atoms with Crippen molar-refractivity contribution in [1.82, 2.24) is 16.0 Å². The van der Waals surface area contributed by atoms with E-state index in [1.54, 1.807) is 0 Å². The van der Waals surface area contributed by atoms with E-state index in [-0.39, 0.29) is 5.75 Å². The predicted molar refractivity (Wildman–Crippen MR) is 94.0 cm³/mol. The third kappa shape index (κ3) is 10.0. The van der Waals surface area contributed by atoms with Crippen LogP contribution in [0.1, 0.15) is 12.8 Å². The summed E-state index contributed by atoms with van der Waals surface area (Å²) in [6.07, 6.45) is -1.26. The van der Waals surface area contributed by atoms with Crippen LogP contribution in [0.5, 0.6) is 0 Å². The Balaban J connectivity index is 5.24. The molecule has 0 rings (SSSR count). The Morgan fingerprint density at radius 1 is 0.852 bits per heavy atom. The first-order chi connectivity index (χ1) is 12.5. The van der Waals surface area contributed by atoms with Crippen LogP contribution >= 0.6 is 12.6 Å². The van der Waals surface area contributed by atoms with Gasteiger partial charge in [0.15, 0.2) is 0 Å². The van der Waals surface area contributed by atoms with Gasteiger partial charge in [-0.1, -0.05) is 0 Å². The first-order valence-corrected chi connectivity index (χ1v) is 8.14. The molecule has 27 heavy (non-hydrogen) atoms. The summed E-state index contributed by atoms with van der Waals surface area (Å²) in [7, 11) is 0. The van der Waals surface area contributed by atoms with Crippen LogP contribution in [-0.4, -0.2) is 71.0 Å². The monoisotopic (exact) mass is 406 g/mol. The molecule has 5 amide bonds. The highest BCUT2D eigenvalue weighted by Gasteiger charge is 2.30. The number of nitrogens with two attached hydrogens (primary N) is 3. The van der Waals surface area contributed by atoms with Crippen molar-refractivity contribution in [3.05, 3.63) is 0 Å². The number of aliphatic carboxylic acids is 1. The quantitative estimate of drug-likeness (QED) is 0.146. The molecule has 10 N–H and O–H groups in total. The molecular formula is C13H22N6O7S. The number of rotatable bonds is 12. The standard InChI is InChI=1S/C13H22N6O7S/c14-5(4-27)11(24)18-7(2-9(16)21)13(26)19-6(1-8(15)20)12(25)17-3-10(22)23/h5-7,27H,1-4,14H2,(H2,15,20)(H2,16,21)(H,17,25)(H,18,24)(H,19,26)(H,22,23). The molecule has 0 fully saturated rings. The molecule has 0 saturated carbocycles. The molecule has 0 spiro atoms. The SMILES string of the molecule is NC(=O)CC(NC(=O)C(N)CS)C(=O)NC(CC(N)=O)C(=O)NCC(=O)O. The molecule has 0 aromatic carbocycles. The van der Waals surface area contributed by atoms with Crippen LogP contribution in [0.25, 0.3) is 0 Å². The Morgan fingerprint density at radius 2 is 1.30 bits per heavy atom. The highest BCUT2D eigenvalue weighted by Crippen LogP contribution is 1.99. The fourth-order valence-electron chi connectivity index (χ4n) is 1.74. The molecule has 0 heterocycles. The van der Waals surface area contributed by atoms with Crippen LogP contribution in [0.3, 0.4) is 0 Å². The fraction of sp³-hybridized carbons (Fsp3) is 0.538. The van der Waals surface area contributed by atoms with Gasteiger partial charge in [-0.3, -0.25) is 28.8 Å². The van der Waals surface area contributed by atoms with Crippen molar-refractivity contribution in [2.75, 3.05) is 12.3 Å². The zero-order valence-corrected chi connectivity index (χ0v) is 15.0. The second-order valence-corrected chi connectivity index (χ2v) is 5.73. The van der Waals surface area contributed by atoms with E-state index < -0.39 is 73.0 Å². The van der Waals surface area contributed by atoms with Gasteiger partial charge in [0.05, 0.1) is 18.9 Å². The molecule has 3 atom stereocenters. The van der Waals surface area contributed by atoms with E-state index >= 15 is 0 Å². The van der Waals surface area contributed by atoms with Crippen molar-refractivity contribution in [2.45, 2.75) is 31.0 Å². The van der Waals surface area contributed by atoms with Gasteiger partial charge in [-0.15, -0.1) is 0 Å². The lowest BCUT2D eigenvalue weighted by atomic mass is 10.1. The minimum absolute atomic E-state index is 0.0430. The molecule has 14 heteroatoms. The number of nitrogens with one attached hydrogen (secondary N) is 3. The molecule has 13 nitrogen and oxygen atoms in total. The third-order valence-electron chi connectivity index (χ3n) is 3.02. The van der Waals surface area contributed by atoms with Gasteiger partial charge in [0.2, 0.25) is 29.5 Å². The Kier molecular flexibility index (Phi) is 10.4. The molecule has 0 aromatic heterocycles. The topological polar surface area (TPSA) is 237 Å². The van der Waals surface area contributed by atoms with Gasteiger partial charge in [-0.25, -0.2) is 0 Å².